The molecule has 0 aromatic heterocycles. The molecule has 2 unspecified atom stereocenters. The van der Waals surface area contributed by atoms with E-state index in [0.29, 0.717) is 24.3 Å². The number of piperidine rings is 1. The van der Waals surface area contributed by atoms with Crippen molar-refractivity contribution in [1.82, 2.24) is 14.7 Å². The normalized spacial score (nSPS) is 22.8. The quantitative estimate of drug-likeness (QED) is 0.219. The van der Waals surface area contributed by atoms with Crippen LogP contribution in [0.5, 0.6) is 0 Å². The van der Waals surface area contributed by atoms with E-state index in [4.69, 9.17) is 19.9 Å². The van der Waals surface area contributed by atoms with Crippen LogP contribution in [0, 0.1) is 0 Å². The maximum atomic E-state index is 12.6. The van der Waals surface area contributed by atoms with Crippen molar-refractivity contribution in [3.05, 3.63) is 29.8 Å². The number of hydrogen-bond acceptors (Lipinski definition) is 9. The number of likely N-dealkylation sites (tertiary alicyclic amines) is 1. The molecule has 2 atom stereocenters. The summed E-state index contributed by atoms with van der Waals surface area (Å²) >= 11 is 0. The summed E-state index contributed by atoms with van der Waals surface area (Å²) in [6.45, 7) is 11.4. The number of aliphatic imine (C=N–C) groups is 1. The van der Waals surface area contributed by atoms with E-state index in [1.165, 1.54) is 0 Å². The number of amidine groups is 1. The van der Waals surface area contributed by atoms with Crippen molar-refractivity contribution in [3.8, 4) is 0 Å². The Kier molecular flexibility index (Phi) is 9.99. The van der Waals surface area contributed by atoms with Gasteiger partial charge in [-0.05, 0) is 64.9 Å². The highest BCUT2D eigenvalue weighted by Gasteiger charge is 2.35. The van der Waals surface area contributed by atoms with Crippen LogP contribution in [0.4, 0.5) is 15.3 Å². The molecule has 0 bridgehead atoms. The molecule has 3 aliphatic rings. The van der Waals surface area contributed by atoms with Gasteiger partial charge in [0.2, 0.25) is 0 Å². The zero-order chi connectivity index (χ0) is 28.8. The van der Waals surface area contributed by atoms with Crippen LogP contribution in [0.15, 0.2) is 29.3 Å². The lowest BCUT2D eigenvalue weighted by Gasteiger charge is -2.37. The maximum absolute atomic E-state index is 12.6. The van der Waals surface area contributed by atoms with Crippen LogP contribution < -0.4 is 10.6 Å². The second-order valence-corrected chi connectivity index (χ2v) is 11.0. The summed E-state index contributed by atoms with van der Waals surface area (Å²) in [5.41, 5.74) is 7.30. The van der Waals surface area contributed by atoms with E-state index >= 15 is 0 Å². The molecule has 0 radical (unpaired) electrons. The van der Waals surface area contributed by atoms with Gasteiger partial charge < -0.3 is 24.8 Å². The number of rotatable bonds is 8. The molecule has 12 nitrogen and oxygen atoms in total. The molecule has 0 saturated carbocycles. The third-order valence-corrected chi connectivity index (χ3v) is 7.60. The molecule has 3 heterocycles. The minimum absolute atomic E-state index is 0.0669. The summed E-state index contributed by atoms with van der Waals surface area (Å²) in [6.07, 6.45) is -0.0540. The van der Waals surface area contributed by atoms with Crippen LogP contribution in [0.25, 0.3) is 0 Å². The predicted molar refractivity (Wildman–Crippen MR) is 150 cm³/mol. The number of nitrogens with two attached hydrogens (primary N) is 1. The average molecular weight is 559 g/mol. The van der Waals surface area contributed by atoms with Gasteiger partial charge in [0.25, 0.3) is 0 Å². The number of carbonyl (C=O) groups excluding carboxylic acids is 3. The van der Waals surface area contributed by atoms with Gasteiger partial charge in [0, 0.05) is 57.1 Å². The molecule has 2 amide bonds. The van der Waals surface area contributed by atoms with Crippen LogP contribution in [0.3, 0.4) is 0 Å². The van der Waals surface area contributed by atoms with Crippen LogP contribution in [0.2, 0.25) is 0 Å². The molecule has 3 fully saturated rings. The van der Waals surface area contributed by atoms with Gasteiger partial charge in [-0.3, -0.25) is 19.5 Å². The van der Waals surface area contributed by atoms with Gasteiger partial charge in [-0.25, -0.2) is 9.59 Å². The fourth-order valence-corrected chi connectivity index (χ4v) is 5.18. The number of piperazine rings is 1. The first-order chi connectivity index (χ1) is 19.1. The third-order valence-electron chi connectivity index (χ3n) is 7.60. The zero-order valence-electron chi connectivity index (χ0n) is 24.0. The molecule has 3 saturated heterocycles. The number of anilines is 1. The van der Waals surface area contributed by atoms with Crippen LogP contribution >= 0.6 is 0 Å². The summed E-state index contributed by atoms with van der Waals surface area (Å²) in [6, 6.07) is 6.70. The van der Waals surface area contributed by atoms with E-state index in [9.17, 15) is 14.4 Å². The van der Waals surface area contributed by atoms with Crippen LogP contribution in [0.1, 0.15) is 39.2 Å². The molecular weight excluding hydrogens is 516 g/mol. The van der Waals surface area contributed by atoms with Crippen molar-refractivity contribution >= 4 is 29.7 Å². The van der Waals surface area contributed by atoms with Gasteiger partial charge in [0.05, 0.1) is 12.6 Å². The lowest BCUT2D eigenvalue weighted by molar-refractivity contribution is -0.154. The Labute approximate surface area is 236 Å². The number of carbonyl (C=O) groups is 3. The summed E-state index contributed by atoms with van der Waals surface area (Å²) in [5, 5.41) is 0. The molecule has 1 aromatic carbocycles. The lowest BCUT2D eigenvalue weighted by Crippen LogP contribution is -2.53. The molecule has 2 N–H and O–H groups in total. The van der Waals surface area contributed by atoms with Gasteiger partial charge in [-0.15, -0.1) is 0 Å². The lowest BCUT2D eigenvalue weighted by atomic mass is 10.1. The van der Waals surface area contributed by atoms with Crippen molar-refractivity contribution in [2.45, 2.75) is 58.0 Å². The Bertz CT molecular complexity index is 1060. The number of benzene rings is 1. The van der Waals surface area contributed by atoms with E-state index in [-0.39, 0.29) is 36.2 Å². The fraction of sp³-hybridized carbons (Fsp3) is 0.643. The monoisotopic (exact) mass is 558 g/mol. The van der Waals surface area contributed by atoms with Crippen molar-refractivity contribution in [1.29, 1.82) is 0 Å². The van der Waals surface area contributed by atoms with Crippen molar-refractivity contribution in [2.75, 3.05) is 64.3 Å². The van der Waals surface area contributed by atoms with E-state index in [1.807, 2.05) is 27.8 Å². The molecule has 1 aromatic rings. The summed E-state index contributed by atoms with van der Waals surface area (Å²) < 4.78 is 16.4. The molecule has 40 heavy (non-hydrogen) atoms. The molecule has 3 aliphatic heterocycles. The first kappa shape index (κ1) is 29.8. The number of hydrogen-bond donors (Lipinski definition) is 1. The first-order valence-corrected chi connectivity index (χ1v) is 14.1. The smallest absolute Gasteiger partial charge is 0.435 e. The van der Waals surface area contributed by atoms with Crippen LogP contribution in [-0.2, 0) is 19.0 Å². The molecular formula is C28H42N6O6. The van der Waals surface area contributed by atoms with Gasteiger partial charge in [0.1, 0.15) is 24.1 Å². The van der Waals surface area contributed by atoms with Gasteiger partial charge in [-0.2, -0.15) is 4.99 Å². The number of nitrogens with zero attached hydrogens (tertiary/aromatic N) is 5. The fourth-order valence-electron chi connectivity index (χ4n) is 5.18. The molecule has 0 spiro atoms. The van der Waals surface area contributed by atoms with Gasteiger partial charge >= 0.3 is 18.2 Å². The molecule has 4 rings (SSSR count). The summed E-state index contributed by atoms with van der Waals surface area (Å²) in [7, 11) is 2.04. The Morgan fingerprint density at radius 1 is 1.05 bits per heavy atom. The van der Waals surface area contributed by atoms with Crippen molar-refractivity contribution < 1.29 is 28.6 Å². The van der Waals surface area contributed by atoms with E-state index in [0.717, 1.165) is 52.1 Å². The Hall–Kier alpha value is -3.22. The number of amides is 2. The Morgan fingerprint density at radius 2 is 1.70 bits per heavy atom. The highest BCUT2D eigenvalue weighted by Crippen LogP contribution is 2.23. The number of esters is 1. The number of cyclic esters (lactones) is 1. The van der Waals surface area contributed by atoms with E-state index < -0.39 is 12.2 Å². The minimum Gasteiger partial charge on any atom is -0.462 e. The third kappa shape index (κ3) is 7.92. The molecule has 220 valence electrons. The minimum atomic E-state index is -0.687. The predicted octanol–water partition coefficient (Wildman–Crippen LogP) is 1.91. The van der Waals surface area contributed by atoms with E-state index in [2.05, 4.69) is 19.7 Å². The molecule has 0 aliphatic carbocycles. The first-order valence-electron chi connectivity index (χ1n) is 14.1. The van der Waals surface area contributed by atoms with Crippen LogP contribution in [-0.4, -0.2) is 122 Å². The Morgan fingerprint density at radius 3 is 2.33 bits per heavy atom. The largest absolute Gasteiger partial charge is 0.462 e. The topological polar surface area (TPSA) is 130 Å². The summed E-state index contributed by atoms with van der Waals surface area (Å²) in [5.74, 6) is -0.132. The standard InChI is InChI=1S/C28H42N6O6/c1-19(2)38-26(35)20(3)33-15-13-32(14-16-33)17-24-18-34(28(37)40-24)22-7-5-21(6-8-22)25(29)30-27(36)39-23-9-11-31(4)12-10-23/h5-8,19-20,23-24H,9-18H2,1-4H3,(H2,29,30,36). The van der Waals surface area contributed by atoms with Gasteiger partial charge in [0.15, 0.2) is 0 Å². The average Bonchev–Trinajstić information content (AvgIpc) is 3.29. The van der Waals surface area contributed by atoms with E-state index in [1.54, 1.807) is 29.2 Å². The van der Waals surface area contributed by atoms with Gasteiger partial charge in [-0.1, -0.05) is 0 Å². The second kappa shape index (κ2) is 13.4. The van der Waals surface area contributed by atoms with Crippen molar-refractivity contribution in [2.24, 2.45) is 10.7 Å². The highest BCUT2D eigenvalue weighted by molar-refractivity contribution is 6.03. The maximum Gasteiger partial charge on any atom is 0.435 e. The second-order valence-electron chi connectivity index (χ2n) is 11.0. The number of ether oxygens (including phenoxy) is 3. The SMILES string of the molecule is CC(C)OC(=O)C(C)N1CCN(CC2CN(c3ccc(C(N)=NC(=O)OC4CCN(C)CC4)cc3)C(=O)O2)CC1. The highest BCUT2D eigenvalue weighted by atomic mass is 16.6. The van der Waals surface area contributed by atoms with Crippen molar-refractivity contribution in [3.63, 3.8) is 0 Å². The Balaban J connectivity index is 1.24. The zero-order valence-corrected chi connectivity index (χ0v) is 24.0. The molecule has 12 heteroatoms. The summed E-state index contributed by atoms with van der Waals surface area (Å²) in [4.78, 5) is 49.1.